The average Bonchev–Trinajstić information content (AvgIpc) is 3.11. The second-order valence-corrected chi connectivity index (χ2v) is 8.24. The zero-order chi connectivity index (χ0) is 20.2. The summed E-state index contributed by atoms with van der Waals surface area (Å²) in [4.78, 5) is 0. The predicted octanol–water partition coefficient (Wildman–Crippen LogP) is 4.17. The summed E-state index contributed by atoms with van der Waals surface area (Å²) < 4.78 is 21.0. The first-order valence-corrected chi connectivity index (χ1v) is 10.8. The first-order chi connectivity index (χ1) is 14.1. The van der Waals surface area contributed by atoms with E-state index in [2.05, 4.69) is 28.4 Å². The van der Waals surface area contributed by atoms with Crippen LogP contribution >= 0.6 is 11.8 Å². The van der Waals surface area contributed by atoms with Crippen LogP contribution < -0.4 is 0 Å². The van der Waals surface area contributed by atoms with E-state index in [1.54, 1.807) is 12.1 Å². The number of hydrogen-bond donors (Lipinski definition) is 1. The minimum absolute atomic E-state index is 0.0551. The number of rotatable bonds is 7. The van der Waals surface area contributed by atoms with E-state index in [0.29, 0.717) is 16.7 Å². The molecule has 0 saturated carbocycles. The lowest BCUT2D eigenvalue weighted by Gasteiger charge is -2.26. The second kappa shape index (κ2) is 9.07. The number of halogens is 1. The first-order valence-electron chi connectivity index (χ1n) is 9.77. The zero-order valence-corrected chi connectivity index (χ0v) is 17.1. The van der Waals surface area contributed by atoms with Gasteiger partial charge in [0.15, 0.2) is 11.0 Å². The van der Waals surface area contributed by atoms with E-state index >= 15 is 0 Å². The number of aliphatic hydroxyl groups is 1. The van der Waals surface area contributed by atoms with Gasteiger partial charge in [0.1, 0.15) is 5.82 Å². The molecule has 0 radical (unpaired) electrons. The predicted molar refractivity (Wildman–Crippen MR) is 111 cm³/mol. The summed E-state index contributed by atoms with van der Waals surface area (Å²) in [5.74, 6) is 0.843. The summed E-state index contributed by atoms with van der Waals surface area (Å²) in [6, 6.07) is 14.5. The number of ether oxygens (including phenoxy) is 1. The van der Waals surface area contributed by atoms with Crippen molar-refractivity contribution in [2.75, 3.05) is 12.4 Å². The third-order valence-corrected chi connectivity index (χ3v) is 6.31. The Hall–Kier alpha value is -2.22. The van der Waals surface area contributed by atoms with Crippen LogP contribution in [0, 0.1) is 5.82 Å². The van der Waals surface area contributed by atoms with E-state index in [1.165, 1.54) is 35.0 Å². The summed E-state index contributed by atoms with van der Waals surface area (Å²) in [6.07, 6.45) is 2.65. The average molecular weight is 414 g/mol. The highest BCUT2D eigenvalue weighted by molar-refractivity contribution is 7.99. The molecule has 1 aliphatic rings. The SMILES string of the molecule is Cn1c(SC[C@H](O)CO[C@@H]2CCCc3ccccc32)nnc1-c1ccc(F)cc1. The van der Waals surface area contributed by atoms with Crippen molar-refractivity contribution in [1.82, 2.24) is 14.8 Å². The van der Waals surface area contributed by atoms with Crippen molar-refractivity contribution in [3.05, 3.63) is 65.5 Å². The Morgan fingerprint density at radius 1 is 1.21 bits per heavy atom. The van der Waals surface area contributed by atoms with Crippen LogP contribution in [0.4, 0.5) is 4.39 Å². The lowest BCUT2D eigenvalue weighted by Crippen LogP contribution is -2.22. The van der Waals surface area contributed by atoms with E-state index in [1.807, 2.05) is 17.7 Å². The molecule has 0 bridgehead atoms. The van der Waals surface area contributed by atoms with Gasteiger partial charge in [-0.3, -0.25) is 0 Å². The molecular weight excluding hydrogens is 389 g/mol. The van der Waals surface area contributed by atoms with Crippen LogP contribution in [0.1, 0.15) is 30.1 Å². The molecule has 2 atom stereocenters. The zero-order valence-electron chi connectivity index (χ0n) is 16.3. The van der Waals surface area contributed by atoms with Crippen LogP contribution in [0.5, 0.6) is 0 Å². The normalized spacial score (nSPS) is 17.1. The Morgan fingerprint density at radius 2 is 2.00 bits per heavy atom. The van der Waals surface area contributed by atoms with Gasteiger partial charge in [0, 0.05) is 18.4 Å². The number of aromatic nitrogens is 3. The van der Waals surface area contributed by atoms with Crippen LogP contribution in [0.3, 0.4) is 0 Å². The van der Waals surface area contributed by atoms with Gasteiger partial charge in [-0.25, -0.2) is 4.39 Å². The van der Waals surface area contributed by atoms with Crippen LogP contribution in [0.2, 0.25) is 0 Å². The molecule has 2 aromatic carbocycles. The van der Waals surface area contributed by atoms with Crippen molar-refractivity contribution in [3.63, 3.8) is 0 Å². The van der Waals surface area contributed by atoms with E-state index in [9.17, 15) is 9.50 Å². The maximum absolute atomic E-state index is 13.1. The van der Waals surface area contributed by atoms with Gasteiger partial charge in [0.05, 0.1) is 18.8 Å². The van der Waals surface area contributed by atoms with Crippen LogP contribution in [0.25, 0.3) is 11.4 Å². The fourth-order valence-electron chi connectivity index (χ4n) is 3.62. The quantitative estimate of drug-likeness (QED) is 0.589. The van der Waals surface area contributed by atoms with Gasteiger partial charge in [-0.1, -0.05) is 36.0 Å². The third kappa shape index (κ3) is 4.69. The molecule has 3 aromatic rings. The van der Waals surface area contributed by atoms with Gasteiger partial charge in [-0.05, 0) is 54.7 Å². The lowest BCUT2D eigenvalue weighted by molar-refractivity contribution is -0.00960. The van der Waals surface area contributed by atoms with Gasteiger partial charge in [-0.15, -0.1) is 10.2 Å². The Morgan fingerprint density at radius 3 is 2.83 bits per heavy atom. The van der Waals surface area contributed by atoms with Gasteiger partial charge in [-0.2, -0.15) is 0 Å². The number of nitrogens with zero attached hydrogens (tertiary/aromatic N) is 3. The molecular formula is C22H24FN3O2S. The molecule has 1 N–H and O–H groups in total. The highest BCUT2D eigenvalue weighted by Crippen LogP contribution is 2.32. The Balaban J connectivity index is 1.31. The summed E-state index contributed by atoms with van der Waals surface area (Å²) in [5.41, 5.74) is 3.39. The summed E-state index contributed by atoms with van der Waals surface area (Å²) in [6.45, 7) is 0.286. The maximum Gasteiger partial charge on any atom is 0.191 e. The standard InChI is InChI=1S/C22H24FN3O2S/c1-26-21(16-9-11-17(23)12-10-16)24-25-22(26)29-14-18(27)13-28-20-8-4-6-15-5-2-3-7-19(15)20/h2-3,5,7,9-12,18,20,27H,4,6,8,13-14H2,1H3/t18-,20-/m1/s1. The molecule has 0 fully saturated rings. The molecule has 0 amide bonds. The molecule has 0 spiro atoms. The van der Waals surface area contributed by atoms with E-state index in [0.717, 1.165) is 24.8 Å². The number of aliphatic hydroxyl groups excluding tert-OH is 1. The Kier molecular flexibility index (Phi) is 6.28. The number of thioether (sulfide) groups is 1. The fourth-order valence-corrected chi connectivity index (χ4v) is 4.44. The first kappa shape index (κ1) is 20.1. The molecule has 29 heavy (non-hydrogen) atoms. The van der Waals surface area contributed by atoms with Gasteiger partial charge in [0.25, 0.3) is 0 Å². The highest BCUT2D eigenvalue weighted by Gasteiger charge is 2.21. The van der Waals surface area contributed by atoms with Crippen LogP contribution in [-0.2, 0) is 18.2 Å². The van der Waals surface area contributed by atoms with Crippen LogP contribution in [0.15, 0.2) is 53.7 Å². The number of hydrogen-bond acceptors (Lipinski definition) is 5. The van der Waals surface area contributed by atoms with Gasteiger partial charge < -0.3 is 14.4 Å². The van der Waals surface area contributed by atoms with Crippen LogP contribution in [-0.4, -0.2) is 38.3 Å². The van der Waals surface area contributed by atoms with Crippen molar-refractivity contribution in [1.29, 1.82) is 0 Å². The van der Waals surface area contributed by atoms with Crippen molar-refractivity contribution >= 4 is 11.8 Å². The molecule has 5 nitrogen and oxygen atoms in total. The molecule has 4 rings (SSSR count). The molecule has 152 valence electrons. The highest BCUT2D eigenvalue weighted by atomic mass is 32.2. The summed E-state index contributed by atoms with van der Waals surface area (Å²) >= 11 is 1.43. The van der Waals surface area contributed by atoms with Crippen molar-refractivity contribution < 1.29 is 14.2 Å². The lowest BCUT2D eigenvalue weighted by atomic mass is 9.89. The molecule has 1 aliphatic carbocycles. The largest absolute Gasteiger partial charge is 0.390 e. The molecule has 0 saturated heterocycles. The molecule has 7 heteroatoms. The Labute approximate surface area is 173 Å². The number of fused-ring (bicyclic) bond motifs is 1. The Bertz CT molecular complexity index is 961. The topological polar surface area (TPSA) is 60.2 Å². The third-order valence-electron chi connectivity index (χ3n) is 5.15. The minimum Gasteiger partial charge on any atom is -0.390 e. The second-order valence-electron chi connectivity index (χ2n) is 7.25. The van der Waals surface area contributed by atoms with E-state index in [4.69, 9.17) is 4.74 Å². The van der Waals surface area contributed by atoms with Gasteiger partial charge >= 0.3 is 0 Å². The summed E-state index contributed by atoms with van der Waals surface area (Å²) in [5, 5.41) is 19.5. The number of aryl methyl sites for hydroxylation is 1. The molecule has 0 aliphatic heterocycles. The molecule has 0 unspecified atom stereocenters. The molecule has 1 heterocycles. The monoisotopic (exact) mass is 413 g/mol. The fraction of sp³-hybridized carbons (Fsp3) is 0.364. The minimum atomic E-state index is -0.597. The van der Waals surface area contributed by atoms with Crippen molar-refractivity contribution in [2.45, 2.75) is 36.6 Å². The maximum atomic E-state index is 13.1. The van der Waals surface area contributed by atoms with Crippen molar-refractivity contribution in [3.8, 4) is 11.4 Å². The smallest absolute Gasteiger partial charge is 0.191 e. The van der Waals surface area contributed by atoms with Crippen molar-refractivity contribution in [2.24, 2.45) is 7.05 Å². The van der Waals surface area contributed by atoms with E-state index in [-0.39, 0.29) is 18.5 Å². The van der Waals surface area contributed by atoms with Gasteiger partial charge in [0.2, 0.25) is 0 Å². The summed E-state index contributed by atoms with van der Waals surface area (Å²) in [7, 11) is 1.86. The molecule has 1 aromatic heterocycles. The van der Waals surface area contributed by atoms with E-state index < -0.39 is 6.10 Å². The number of benzene rings is 2.